The highest BCUT2D eigenvalue weighted by Crippen LogP contribution is 2.29. The van der Waals surface area contributed by atoms with Crippen LogP contribution in [0, 0.1) is 0 Å². The first-order valence-electron chi connectivity index (χ1n) is 9.46. The Morgan fingerprint density at radius 2 is 1.77 bits per heavy atom. The number of ether oxygens (including phenoxy) is 3. The van der Waals surface area contributed by atoms with E-state index in [9.17, 15) is 9.59 Å². The molecule has 2 aromatic carbocycles. The van der Waals surface area contributed by atoms with Gasteiger partial charge in [-0.25, -0.2) is 9.78 Å². The molecule has 0 radical (unpaired) electrons. The van der Waals surface area contributed by atoms with Gasteiger partial charge in [-0.05, 0) is 41.8 Å². The van der Waals surface area contributed by atoms with Gasteiger partial charge in [0, 0.05) is 5.39 Å². The highest BCUT2D eigenvalue weighted by molar-refractivity contribution is 7.13. The van der Waals surface area contributed by atoms with Crippen LogP contribution in [0.25, 0.3) is 21.5 Å². The molecule has 0 spiro atoms. The molecule has 0 aliphatic carbocycles. The summed E-state index contributed by atoms with van der Waals surface area (Å²) < 4.78 is 15.8. The van der Waals surface area contributed by atoms with Crippen LogP contribution in [0.2, 0.25) is 0 Å². The number of hydrogen-bond donors (Lipinski definition) is 0. The van der Waals surface area contributed by atoms with Crippen LogP contribution in [0.5, 0.6) is 11.5 Å². The number of esters is 1. The minimum atomic E-state index is -0.591. The summed E-state index contributed by atoms with van der Waals surface area (Å²) in [5, 5.41) is 2.61. The standard InChI is InChI=1S/C24H19NO5S/c1-28-15-9-10-22(29-2)18(12-15)21(26)14-30-24(27)17-13-20(23-8-5-11-31-23)25-19-7-4-3-6-16(17)19/h3-13H,14H2,1-2H3. The van der Waals surface area contributed by atoms with Crippen LogP contribution in [0.4, 0.5) is 0 Å². The number of pyridine rings is 1. The van der Waals surface area contributed by atoms with Crippen molar-refractivity contribution in [2.75, 3.05) is 20.8 Å². The maximum absolute atomic E-state index is 12.9. The molecule has 0 saturated carbocycles. The lowest BCUT2D eigenvalue weighted by Gasteiger charge is -2.11. The summed E-state index contributed by atoms with van der Waals surface area (Å²) in [4.78, 5) is 31.3. The van der Waals surface area contributed by atoms with Crippen molar-refractivity contribution in [1.29, 1.82) is 0 Å². The molecule has 2 aromatic heterocycles. The fourth-order valence-corrected chi connectivity index (χ4v) is 3.90. The Morgan fingerprint density at radius 3 is 2.52 bits per heavy atom. The van der Waals surface area contributed by atoms with Gasteiger partial charge in [-0.2, -0.15) is 0 Å². The van der Waals surface area contributed by atoms with Gasteiger partial charge in [0.05, 0.1) is 41.4 Å². The SMILES string of the molecule is COc1ccc(OC)c(C(=O)COC(=O)c2cc(-c3cccs3)nc3ccccc23)c1. The molecule has 0 aliphatic heterocycles. The molecule has 0 amide bonds. The normalized spacial score (nSPS) is 10.6. The summed E-state index contributed by atoms with van der Waals surface area (Å²) in [6.07, 6.45) is 0. The maximum atomic E-state index is 12.9. The summed E-state index contributed by atoms with van der Waals surface area (Å²) in [5.41, 5.74) is 2.01. The second-order valence-electron chi connectivity index (χ2n) is 6.62. The Morgan fingerprint density at radius 1 is 0.935 bits per heavy atom. The van der Waals surface area contributed by atoms with Crippen molar-refractivity contribution in [2.45, 2.75) is 0 Å². The van der Waals surface area contributed by atoms with Crippen molar-refractivity contribution in [3.63, 3.8) is 0 Å². The monoisotopic (exact) mass is 433 g/mol. The third kappa shape index (κ3) is 4.27. The lowest BCUT2D eigenvalue weighted by atomic mass is 10.1. The molecule has 4 aromatic rings. The van der Waals surface area contributed by atoms with Gasteiger partial charge in [0.15, 0.2) is 6.61 Å². The molecule has 0 bridgehead atoms. The lowest BCUT2D eigenvalue weighted by Crippen LogP contribution is -2.15. The summed E-state index contributed by atoms with van der Waals surface area (Å²) >= 11 is 1.53. The molecule has 0 unspecified atom stereocenters. The molecule has 0 fully saturated rings. The summed E-state index contributed by atoms with van der Waals surface area (Å²) in [7, 11) is 2.98. The fourth-order valence-electron chi connectivity index (χ4n) is 3.21. The van der Waals surface area contributed by atoms with Crippen LogP contribution in [-0.2, 0) is 4.74 Å². The highest BCUT2D eigenvalue weighted by atomic mass is 32.1. The van der Waals surface area contributed by atoms with E-state index in [0.29, 0.717) is 33.7 Å². The number of para-hydroxylation sites is 1. The third-order valence-electron chi connectivity index (χ3n) is 4.75. The number of carbonyl (C=O) groups is 2. The number of methoxy groups -OCH3 is 2. The second kappa shape index (κ2) is 8.97. The Balaban J connectivity index is 1.61. The number of hydrogen-bond acceptors (Lipinski definition) is 7. The van der Waals surface area contributed by atoms with Crippen molar-refractivity contribution in [2.24, 2.45) is 0 Å². The van der Waals surface area contributed by atoms with Gasteiger partial charge in [-0.1, -0.05) is 24.3 Å². The molecule has 4 rings (SSSR count). The zero-order valence-electron chi connectivity index (χ0n) is 17.0. The van der Waals surface area contributed by atoms with Gasteiger partial charge < -0.3 is 14.2 Å². The summed E-state index contributed by atoms with van der Waals surface area (Å²) in [6, 6.07) is 17.8. The van der Waals surface area contributed by atoms with Crippen LogP contribution in [0.1, 0.15) is 20.7 Å². The average Bonchev–Trinajstić information content (AvgIpc) is 3.36. The number of fused-ring (bicyclic) bond motifs is 1. The molecule has 0 N–H and O–H groups in total. The number of aromatic nitrogens is 1. The smallest absolute Gasteiger partial charge is 0.339 e. The second-order valence-corrected chi connectivity index (χ2v) is 7.56. The molecule has 7 heteroatoms. The number of thiophene rings is 1. The van der Waals surface area contributed by atoms with Crippen molar-refractivity contribution in [3.05, 3.63) is 77.2 Å². The number of carbonyl (C=O) groups excluding carboxylic acids is 2. The number of rotatable bonds is 7. The number of ketones is 1. The molecule has 0 saturated heterocycles. The lowest BCUT2D eigenvalue weighted by molar-refractivity contribution is 0.0476. The van der Waals surface area contributed by atoms with E-state index in [-0.39, 0.29) is 11.3 Å². The molecule has 6 nitrogen and oxygen atoms in total. The minimum absolute atomic E-state index is 0.286. The van der Waals surface area contributed by atoms with Gasteiger partial charge in [0.1, 0.15) is 11.5 Å². The minimum Gasteiger partial charge on any atom is -0.497 e. The number of nitrogens with zero attached hydrogens (tertiary/aromatic N) is 1. The Hall–Kier alpha value is -3.71. The molecular formula is C24H19NO5S. The average molecular weight is 433 g/mol. The van der Waals surface area contributed by atoms with E-state index in [1.165, 1.54) is 25.6 Å². The maximum Gasteiger partial charge on any atom is 0.339 e. The molecule has 156 valence electrons. The van der Waals surface area contributed by atoms with E-state index in [4.69, 9.17) is 14.2 Å². The van der Waals surface area contributed by atoms with E-state index < -0.39 is 12.6 Å². The number of benzene rings is 2. The highest BCUT2D eigenvalue weighted by Gasteiger charge is 2.19. The Bertz CT molecular complexity index is 1250. The topological polar surface area (TPSA) is 74.7 Å². The predicted molar refractivity (Wildman–Crippen MR) is 119 cm³/mol. The van der Waals surface area contributed by atoms with Crippen LogP contribution >= 0.6 is 11.3 Å². The molecule has 31 heavy (non-hydrogen) atoms. The first-order valence-corrected chi connectivity index (χ1v) is 10.3. The molecular weight excluding hydrogens is 414 g/mol. The van der Waals surface area contributed by atoms with Crippen molar-refractivity contribution < 1.29 is 23.8 Å². The van der Waals surface area contributed by atoms with Gasteiger partial charge >= 0.3 is 5.97 Å². The van der Waals surface area contributed by atoms with Crippen LogP contribution in [-0.4, -0.2) is 37.6 Å². The van der Waals surface area contributed by atoms with Crippen LogP contribution < -0.4 is 9.47 Å². The largest absolute Gasteiger partial charge is 0.497 e. The Labute approximate surface area is 183 Å². The third-order valence-corrected chi connectivity index (χ3v) is 5.64. The van der Waals surface area contributed by atoms with Gasteiger partial charge in [0.2, 0.25) is 5.78 Å². The number of Topliss-reactive ketones (excluding diaryl/α,β-unsaturated/α-hetero) is 1. The van der Waals surface area contributed by atoms with E-state index in [1.807, 2.05) is 41.8 Å². The molecule has 0 atom stereocenters. The fraction of sp³-hybridized carbons (Fsp3) is 0.125. The summed E-state index contributed by atoms with van der Waals surface area (Å²) in [5.74, 6) is -0.0834. The van der Waals surface area contributed by atoms with E-state index >= 15 is 0 Å². The van der Waals surface area contributed by atoms with Gasteiger partial charge in [-0.15, -0.1) is 11.3 Å². The van der Waals surface area contributed by atoms with E-state index in [0.717, 1.165) is 4.88 Å². The molecule has 0 aliphatic rings. The summed E-state index contributed by atoms with van der Waals surface area (Å²) in [6.45, 7) is -0.423. The predicted octanol–water partition coefficient (Wildman–Crippen LogP) is 5.02. The first-order chi connectivity index (χ1) is 15.1. The first kappa shape index (κ1) is 20.6. The van der Waals surface area contributed by atoms with E-state index in [2.05, 4.69) is 4.98 Å². The van der Waals surface area contributed by atoms with Crippen molar-refractivity contribution >= 4 is 34.0 Å². The Kier molecular flexibility index (Phi) is 5.95. The van der Waals surface area contributed by atoms with Gasteiger partial charge in [-0.3, -0.25) is 4.79 Å². The van der Waals surface area contributed by atoms with Crippen molar-refractivity contribution in [1.82, 2.24) is 4.98 Å². The van der Waals surface area contributed by atoms with E-state index in [1.54, 1.807) is 24.3 Å². The molecule has 2 heterocycles. The van der Waals surface area contributed by atoms with Crippen LogP contribution in [0.15, 0.2) is 66.0 Å². The quantitative estimate of drug-likeness (QED) is 0.301. The van der Waals surface area contributed by atoms with Crippen LogP contribution in [0.3, 0.4) is 0 Å². The zero-order valence-corrected chi connectivity index (χ0v) is 17.8. The van der Waals surface area contributed by atoms with Crippen molar-refractivity contribution in [3.8, 4) is 22.1 Å². The van der Waals surface area contributed by atoms with Gasteiger partial charge in [0.25, 0.3) is 0 Å². The zero-order chi connectivity index (χ0) is 21.8.